The highest BCUT2D eigenvalue weighted by Gasteiger charge is 2.15. The number of halogens is 2. The minimum atomic E-state index is -2.81. The molecule has 0 aliphatic rings. The van der Waals surface area contributed by atoms with Crippen LogP contribution in [0.4, 0.5) is 8.78 Å². The largest absolute Gasteiger partial charge is 0.434 e. The Bertz CT molecular complexity index is 361. The number of nitrogens with one attached hydrogen (secondary N) is 1. The van der Waals surface area contributed by atoms with Crippen LogP contribution in [0.5, 0.6) is 5.75 Å². The van der Waals surface area contributed by atoms with Gasteiger partial charge in [0.05, 0.1) is 6.61 Å². The van der Waals surface area contributed by atoms with E-state index in [9.17, 15) is 8.78 Å². The highest BCUT2D eigenvalue weighted by atomic mass is 19.3. The molecule has 1 aromatic rings. The summed E-state index contributed by atoms with van der Waals surface area (Å²) >= 11 is 0. The Hall–Kier alpha value is -1.20. The van der Waals surface area contributed by atoms with Crippen LogP contribution in [0.15, 0.2) is 24.3 Å². The van der Waals surface area contributed by atoms with Gasteiger partial charge in [-0.25, -0.2) is 0 Å². The second-order valence-electron chi connectivity index (χ2n) is 4.16. The molecule has 1 aromatic carbocycles. The van der Waals surface area contributed by atoms with Crippen LogP contribution in [-0.2, 0) is 4.74 Å². The molecule has 18 heavy (non-hydrogen) atoms. The van der Waals surface area contributed by atoms with Gasteiger partial charge in [-0.15, -0.1) is 0 Å². The first-order chi connectivity index (χ1) is 8.54. The molecule has 0 saturated heterocycles. The second-order valence-corrected chi connectivity index (χ2v) is 4.16. The molecule has 0 aliphatic heterocycles. The van der Waals surface area contributed by atoms with Crippen LogP contribution >= 0.6 is 0 Å². The van der Waals surface area contributed by atoms with Gasteiger partial charge >= 0.3 is 6.61 Å². The Balaban J connectivity index is 2.74. The van der Waals surface area contributed by atoms with Crippen molar-refractivity contribution in [1.82, 2.24) is 5.32 Å². The molecule has 0 aromatic heterocycles. The van der Waals surface area contributed by atoms with Gasteiger partial charge in [0.15, 0.2) is 0 Å². The van der Waals surface area contributed by atoms with Gasteiger partial charge in [0.1, 0.15) is 5.75 Å². The summed E-state index contributed by atoms with van der Waals surface area (Å²) in [4.78, 5) is 0. The van der Waals surface area contributed by atoms with E-state index < -0.39 is 6.61 Å². The summed E-state index contributed by atoms with van der Waals surface area (Å²) < 4.78 is 34.1. The quantitative estimate of drug-likeness (QED) is 0.816. The lowest BCUT2D eigenvalue weighted by atomic mass is 10.1. The maximum atomic E-state index is 12.3. The first-order valence-electron chi connectivity index (χ1n) is 5.83. The normalized spacial score (nSPS) is 14.6. The molecule has 0 radical (unpaired) electrons. The zero-order valence-electron chi connectivity index (χ0n) is 10.8. The smallest absolute Gasteiger partial charge is 0.387 e. The molecule has 1 N–H and O–H groups in total. The van der Waals surface area contributed by atoms with E-state index in [0.717, 1.165) is 0 Å². The van der Waals surface area contributed by atoms with Crippen molar-refractivity contribution in [3.63, 3.8) is 0 Å². The van der Waals surface area contributed by atoms with Crippen molar-refractivity contribution in [3.05, 3.63) is 29.8 Å². The fraction of sp³-hybridized carbons (Fsp3) is 0.538. The Labute approximate surface area is 106 Å². The first kappa shape index (κ1) is 14.9. The highest BCUT2D eigenvalue weighted by molar-refractivity contribution is 5.35. The summed E-state index contributed by atoms with van der Waals surface area (Å²) in [5.74, 6) is 0.206. The van der Waals surface area contributed by atoms with E-state index in [-0.39, 0.29) is 17.8 Å². The zero-order chi connectivity index (χ0) is 13.5. The molecule has 0 spiro atoms. The van der Waals surface area contributed by atoms with Crippen LogP contribution in [-0.4, -0.2) is 26.4 Å². The number of para-hydroxylation sites is 1. The first-order valence-corrected chi connectivity index (χ1v) is 5.83. The lowest BCUT2D eigenvalue weighted by Crippen LogP contribution is -2.32. The summed E-state index contributed by atoms with van der Waals surface area (Å²) in [5.41, 5.74) is 0.709. The van der Waals surface area contributed by atoms with Crippen molar-refractivity contribution in [3.8, 4) is 5.75 Å². The molecular weight excluding hydrogens is 240 g/mol. The van der Waals surface area contributed by atoms with E-state index in [1.165, 1.54) is 0 Å². The standard InChI is InChI=1S/C13H19F2NO2/c1-9(8-17-3)16-10(2)11-6-4-5-7-12(11)18-13(14)15/h4-7,9-10,13,16H,8H2,1-3H3. The van der Waals surface area contributed by atoms with Gasteiger partial charge < -0.3 is 14.8 Å². The topological polar surface area (TPSA) is 30.5 Å². The maximum absolute atomic E-state index is 12.3. The molecule has 2 atom stereocenters. The lowest BCUT2D eigenvalue weighted by Gasteiger charge is -2.21. The molecule has 0 amide bonds. The molecule has 5 heteroatoms. The lowest BCUT2D eigenvalue weighted by molar-refractivity contribution is -0.0507. The van der Waals surface area contributed by atoms with Gasteiger partial charge in [-0.1, -0.05) is 18.2 Å². The molecule has 0 fully saturated rings. The van der Waals surface area contributed by atoms with E-state index in [0.29, 0.717) is 12.2 Å². The van der Waals surface area contributed by atoms with Crippen molar-refractivity contribution < 1.29 is 18.3 Å². The highest BCUT2D eigenvalue weighted by Crippen LogP contribution is 2.26. The van der Waals surface area contributed by atoms with Crippen molar-refractivity contribution in [1.29, 1.82) is 0 Å². The summed E-state index contributed by atoms with van der Waals surface area (Å²) in [6.45, 7) is 1.62. The Morgan fingerprint density at radius 3 is 2.50 bits per heavy atom. The third-order valence-electron chi connectivity index (χ3n) is 2.55. The predicted octanol–water partition coefficient (Wildman–Crippen LogP) is 2.97. The van der Waals surface area contributed by atoms with E-state index >= 15 is 0 Å². The van der Waals surface area contributed by atoms with Gasteiger partial charge in [0.25, 0.3) is 0 Å². The number of rotatable bonds is 7. The number of ether oxygens (including phenoxy) is 2. The molecule has 0 saturated carbocycles. The van der Waals surface area contributed by atoms with Gasteiger partial charge in [0.2, 0.25) is 0 Å². The fourth-order valence-corrected chi connectivity index (χ4v) is 1.86. The zero-order valence-corrected chi connectivity index (χ0v) is 10.8. The Morgan fingerprint density at radius 1 is 1.22 bits per heavy atom. The van der Waals surface area contributed by atoms with E-state index in [2.05, 4.69) is 10.1 Å². The Morgan fingerprint density at radius 2 is 1.89 bits per heavy atom. The van der Waals surface area contributed by atoms with Gasteiger partial charge in [0, 0.05) is 24.8 Å². The van der Waals surface area contributed by atoms with Crippen LogP contribution in [0.2, 0.25) is 0 Å². The van der Waals surface area contributed by atoms with Crippen LogP contribution in [0, 0.1) is 0 Å². The van der Waals surface area contributed by atoms with Crippen LogP contribution in [0.3, 0.4) is 0 Å². The van der Waals surface area contributed by atoms with Gasteiger partial charge in [-0.2, -0.15) is 8.78 Å². The monoisotopic (exact) mass is 259 g/mol. The molecule has 2 unspecified atom stereocenters. The van der Waals surface area contributed by atoms with E-state index in [4.69, 9.17) is 4.74 Å². The average molecular weight is 259 g/mol. The fourth-order valence-electron chi connectivity index (χ4n) is 1.86. The minimum absolute atomic E-state index is 0.0925. The average Bonchev–Trinajstić information content (AvgIpc) is 2.28. The van der Waals surface area contributed by atoms with Crippen molar-refractivity contribution in [2.45, 2.75) is 32.5 Å². The predicted molar refractivity (Wildman–Crippen MR) is 66.0 cm³/mol. The molecular formula is C13H19F2NO2. The van der Waals surface area contributed by atoms with Crippen LogP contribution in [0.25, 0.3) is 0 Å². The van der Waals surface area contributed by atoms with Crippen molar-refractivity contribution in [2.75, 3.05) is 13.7 Å². The van der Waals surface area contributed by atoms with E-state index in [1.54, 1.807) is 31.4 Å². The van der Waals surface area contributed by atoms with Crippen molar-refractivity contribution in [2.24, 2.45) is 0 Å². The summed E-state index contributed by atoms with van der Waals surface area (Å²) in [6.07, 6.45) is 0. The Kier molecular flexibility index (Phi) is 6.01. The van der Waals surface area contributed by atoms with Gasteiger partial charge in [-0.3, -0.25) is 0 Å². The molecule has 3 nitrogen and oxygen atoms in total. The number of hydrogen-bond acceptors (Lipinski definition) is 3. The number of hydrogen-bond donors (Lipinski definition) is 1. The van der Waals surface area contributed by atoms with E-state index in [1.807, 2.05) is 13.8 Å². The van der Waals surface area contributed by atoms with Crippen LogP contribution < -0.4 is 10.1 Å². The number of methoxy groups -OCH3 is 1. The van der Waals surface area contributed by atoms with Gasteiger partial charge in [-0.05, 0) is 19.9 Å². The second kappa shape index (κ2) is 7.28. The minimum Gasteiger partial charge on any atom is -0.434 e. The summed E-state index contributed by atoms with van der Waals surface area (Å²) in [5, 5.41) is 3.26. The summed E-state index contributed by atoms with van der Waals surface area (Å²) in [6, 6.07) is 6.82. The third kappa shape index (κ3) is 4.58. The SMILES string of the molecule is COCC(C)NC(C)c1ccccc1OC(F)F. The third-order valence-corrected chi connectivity index (χ3v) is 2.55. The molecule has 1 rings (SSSR count). The molecule has 0 aliphatic carbocycles. The maximum Gasteiger partial charge on any atom is 0.387 e. The van der Waals surface area contributed by atoms with Crippen LogP contribution in [0.1, 0.15) is 25.5 Å². The molecule has 0 heterocycles. The summed E-state index contributed by atoms with van der Waals surface area (Å²) in [7, 11) is 1.62. The number of benzene rings is 1. The number of alkyl halides is 2. The molecule has 102 valence electrons. The molecule has 0 bridgehead atoms. The van der Waals surface area contributed by atoms with Crippen molar-refractivity contribution >= 4 is 0 Å².